The van der Waals surface area contributed by atoms with Gasteiger partial charge in [0.1, 0.15) is 0 Å². The van der Waals surface area contributed by atoms with Crippen molar-refractivity contribution in [2.24, 2.45) is 5.92 Å². The molecule has 1 aliphatic rings. The van der Waals surface area contributed by atoms with Gasteiger partial charge in [0.2, 0.25) is 0 Å². The summed E-state index contributed by atoms with van der Waals surface area (Å²) in [6, 6.07) is 8.08. The summed E-state index contributed by atoms with van der Waals surface area (Å²) in [6.07, 6.45) is 5.53. The molecule has 3 unspecified atom stereocenters. The molecule has 1 saturated carbocycles. The van der Waals surface area contributed by atoms with Gasteiger partial charge < -0.3 is 10.2 Å². The van der Waals surface area contributed by atoms with Crippen LogP contribution in [0.4, 0.5) is 0 Å². The Morgan fingerprint density at radius 3 is 2.43 bits per heavy atom. The molecule has 21 heavy (non-hydrogen) atoms. The highest BCUT2D eigenvalue weighted by atomic mass is 15.2. The number of hydrogen-bond acceptors (Lipinski definition) is 2. The third-order valence-electron chi connectivity index (χ3n) is 5.00. The maximum atomic E-state index is 3.51. The largest absolute Gasteiger partial charge is 0.312 e. The monoisotopic (exact) mass is 288 g/mol. The molecule has 1 N–H and O–H groups in total. The summed E-state index contributed by atoms with van der Waals surface area (Å²) in [5.41, 5.74) is 4.14. The minimum Gasteiger partial charge on any atom is -0.312 e. The molecule has 0 amide bonds. The second kappa shape index (κ2) is 7.42. The lowest BCUT2D eigenvalue weighted by molar-refractivity contribution is 0.152. The van der Waals surface area contributed by atoms with E-state index >= 15 is 0 Å². The third kappa shape index (κ3) is 4.55. The molecule has 0 heterocycles. The van der Waals surface area contributed by atoms with E-state index in [1.807, 2.05) is 0 Å². The summed E-state index contributed by atoms with van der Waals surface area (Å²) >= 11 is 0. The molecule has 0 saturated heterocycles. The first-order chi connectivity index (χ1) is 9.99. The molecule has 1 aromatic carbocycles. The Hall–Kier alpha value is -0.860. The SMILES string of the molecule is CNC(CN(C)C1CCCC(C)C1)c1cc(C)cc(C)c1. The van der Waals surface area contributed by atoms with E-state index in [1.54, 1.807) is 0 Å². The fraction of sp³-hybridized carbons (Fsp3) is 0.684. The summed E-state index contributed by atoms with van der Waals surface area (Å²) in [4.78, 5) is 2.58. The van der Waals surface area contributed by atoms with Gasteiger partial charge >= 0.3 is 0 Å². The van der Waals surface area contributed by atoms with Crippen LogP contribution in [0.1, 0.15) is 55.3 Å². The molecule has 0 bridgehead atoms. The Morgan fingerprint density at radius 1 is 1.19 bits per heavy atom. The zero-order valence-electron chi connectivity index (χ0n) is 14.4. The van der Waals surface area contributed by atoms with Gasteiger partial charge in [-0.3, -0.25) is 0 Å². The van der Waals surface area contributed by atoms with Crippen molar-refractivity contribution < 1.29 is 0 Å². The Bertz CT molecular complexity index is 435. The maximum absolute atomic E-state index is 3.51. The van der Waals surface area contributed by atoms with Crippen LogP contribution in [0.15, 0.2) is 18.2 Å². The molecule has 0 aromatic heterocycles. The minimum absolute atomic E-state index is 0.422. The molecule has 2 heteroatoms. The van der Waals surface area contributed by atoms with Crippen molar-refractivity contribution in [3.05, 3.63) is 34.9 Å². The molecule has 3 atom stereocenters. The van der Waals surface area contributed by atoms with Gasteiger partial charge in [0.05, 0.1) is 0 Å². The maximum Gasteiger partial charge on any atom is 0.0447 e. The van der Waals surface area contributed by atoms with Gasteiger partial charge in [-0.15, -0.1) is 0 Å². The zero-order chi connectivity index (χ0) is 15.4. The second-order valence-corrected chi connectivity index (χ2v) is 7.13. The van der Waals surface area contributed by atoms with Gasteiger partial charge in [0.25, 0.3) is 0 Å². The molecule has 0 radical (unpaired) electrons. The second-order valence-electron chi connectivity index (χ2n) is 7.13. The Morgan fingerprint density at radius 2 is 1.86 bits per heavy atom. The molecule has 1 aromatic rings. The zero-order valence-corrected chi connectivity index (χ0v) is 14.4. The van der Waals surface area contributed by atoms with E-state index in [4.69, 9.17) is 0 Å². The van der Waals surface area contributed by atoms with Crippen LogP contribution in [-0.2, 0) is 0 Å². The first-order valence-corrected chi connectivity index (χ1v) is 8.45. The molecule has 1 fully saturated rings. The Kier molecular flexibility index (Phi) is 5.83. The van der Waals surface area contributed by atoms with Crippen molar-refractivity contribution in [1.82, 2.24) is 10.2 Å². The van der Waals surface area contributed by atoms with Crippen LogP contribution in [0.25, 0.3) is 0 Å². The number of benzene rings is 1. The van der Waals surface area contributed by atoms with Crippen molar-refractivity contribution in [1.29, 1.82) is 0 Å². The number of likely N-dealkylation sites (N-methyl/N-ethyl adjacent to an activating group) is 2. The van der Waals surface area contributed by atoms with Crippen LogP contribution >= 0.6 is 0 Å². The van der Waals surface area contributed by atoms with E-state index in [1.165, 1.54) is 42.4 Å². The van der Waals surface area contributed by atoms with Crippen LogP contribution in [0, 0.1) is 19.8 Å². The minimum atomic E-state index is 0.422. The number of rotatable bonds is 5. The predicted octanol–water partition coefficient (Wildman–Crippen LogP) is 4.07. The van der Waals surface area contributed by atoms with Crippen LogP contribution in [0.3, 0.4) is 0 Å². The van der Waals surface area contributed by atoms with E-state index in [0.29, 0.717) is 6.04 Å². The lowest BCUT2D eigenvalue weighted by atomic mass is 9.86. The lowest BCUT2D eigenvalue weighted by Gasteiger charge is -2.36. The Labute approximate surface area is 130 Å². The van der Waals surface area contributed by atoms with Gasteiger partial charge in [-0.05, 0) is 52.3 Å². The van der Waals surface area contributed by atoms with Crippen LogP contribution < -0.4 is 5.32 Å². The van der Waals surface area contributed by atoms with E-state index in [2.05, 4.69) is 63.3 Å². The van der Waals surface area contributed by atoms with Gasteiger partial charge in [-0.1, -0.05) is 49.1 Å². The number of nitrogens with one attached hydrogen (secondary N) is 1. The molecular formula is C19H32N2. The molecule has 0 spiro atoms. The number of hydrogen-bond donors (Lipinski definition) is 1. The van der Waals surface area contributed by atoms with Gasteiger partial charge in [-0.25, -0.2) is 0 Å². The van der Waals surface area contributed by atoms with E-state index < -0.39 is 0 Å². The summed E-state index contributed by atoms with van der Waals surface area (Å²) in [6.45, 7) is 7.88. The predicted molar refractivity (Wildman–Crippen MR) is 91.8 cm³/mol. The van der Waals surface area contributed by atoms with Gasteiger partial charge in [-0.2, -0.15) is 0 Å². The highest BCUT2D eigenvalue weighted by molar-refractivity contribution is 5.30. The summed E-state index contributed by atoms with van der Waals surface area (Å²) in [7, 11) is 4.38. The van der Waals surface area contributed by atoms with Gasteiger partial charge in [0, 0.05) is 18.6 Å². The topological polar surface area (TPSA) is 15.3 Å². The van der Waals surface area contributed by atoms with Crippen molar-refractivity contribution >= 4 is 0 Å². The molecule has 2 rings (SSSR count). The first-order valence-electron chi connectivity index (χ1n) is 8.45. The van der Waals surface area contributed by atoms with Crippen molar-refractivity contribution in [3.63, 3.8) is 0 Å². The van der Waals surface area contributed by atoms with Crippen LogP contribution in [-0.4, -0.2) is 31.6 Å². The third-order valence-corrected chi connectivity index (χ3v) is 5.00. The van der Waals surface area contributed by atoms with E-state index in [0.717, 1.165) is 18.5 Å². The first kappa shape index (κ1) is 16.5. The summed E-state index contributed by atoms with van der Waals surface area (Å²) < 4.78 is 0. The average Bonchev–Trinajstić information content (AvgIpc) is 2.43. The Balaban J connectivity index is 2.04. The van der Waals surface area contributed by atoms with E-state index in [9.17, 15) is 0 Å². The number of aryl methyl sites for hydroxylation is 2. The van der Waals surface area contributed by atoms with E-state index in [-0.39, 0.29) is 0 Å². The molecule has 1 aliphatic carbocycles. The quantitative estimate of drug-likeness (QED) is 0.878. The molecular weight excluding hydrogens is 256 g/mol. The van der Waals surface area contributed by atoms with Crippen molar-refractivity contribution in [2.75, 3.05) is 20.6 Å². The summed E-state index contributed by atoms with van der Waals surface area (Å²) in [5, 5.41) is 3.51. The smallest absolute Gasteiger partial charge is 0.0447 e. The average molecular weight is 288 g/mol. The van der Waals surface area contributed by atoms with Crippen molar-refractivity contribution in [3.8, 4) is 0 Å². The lowest BCUT2D eigenvalue weighted by Crippen LogP contribution is -2.40. The normalized spacial score (nSPS) is 24.3. The molecule has 118 valence electrons. The fourth-order valence-electron chi connectivity index (χ4n) is 3.81. The van der Waals surface area contributed by atoms with Crippen molar-refractivity contribution in [2.45, 2.75) is 58.5 Å². The summed E-state index contributed by atoms with van der Waals surface area (Å²) in [5.74, 6) is 0.889. The number of nitrogens with zero attached hydrogens (tertiary/aromatic N) is 1. The van der Waals surface area contributed by atoms with Gasteiger partial charge in [0.15, 0.2) is 0 Å². The highest BCUT2D eigenvalue weighted by Gasteiger charge is 2.24. The fourth-order valence-corrected chi connectivity index (χ4v) is 3.81. The highest BCUT2D eigenvalue weighted by Crippen LogP contribution is 2.28. The standard InChI is InChI=1S/C19H32N2/c1-14-7-6-8-18(12-14)21(5)13-19(20-4)17-10-15(2)9-16(3)11-17/h9-11,14,18-20H,6-8,12-13H2,1-5H3. The molecule has 0 aliphatic heterocycles. The van der Waals surface area contributed by atoms with Crippen LogP contribution in [0.5, 0.6) is 0 Å². The van der Waals surface area contributed by atoms with Crippen LogP contribution in [0.2, 0.25) is 0 Å². The molecule has 2 nitrogen and oxygen atoms in total.